The number of aliphatic hydroxyl groups is 1. The Labute approximate surface area is 178 Å². The fourth-order valence-electron chi connectivity index (χ4n) is 3.96. The number of methoxy groups -OCH3 is 1. The summed E-state index contributed by atoms with van der Waals surface area (Å²) >= 11 is 0. The maximum Gasteiger partial charge on any atom is 0.219 e. The minimum atomic E-state index is -0.560. The van der Waals surface area contributed by atoms with E-state index in [1.165, 1.54) is 0 Å². The summed E-state index contributed by atoms with van der Waals surface area (Å²) in [5, 5.41) is 10.5. The summed E-state index contributed by atoms with van der Waals surface area (Å²) in [6, 6.07) is 15.5. The van der Waals surface area contributed by atoms with Crippen LogP contribution in [0.1, 0.15) is 37.8 Å². The van der Waals surface area contributed by atoms with E-state index >= 15 is 0 Å². The Hall–Kier alpha value is -2.97. The Morgan fingerprint density at radius 2 is 2.00 bits per heavy atom. The van der Waals surface area contributed by atoms with Gasteiger partial charge in [-0.25, -0.2) is 0 Å². The van der Waals surface area contributed by atoms with Gasteiger partial charge in [-0.15, -0.1) is 0 Å². The highest BCUT2D eigenvalue weighted by molar-refractivity contribution is 5.74. The van der Waals surface area contributed by atoms with Crippen LogP contribution in [0, 0.1) is 17.3 Å². The topological polar surface area (TPSA) is 59.0 Å². The number of hydrogen-bond acceptors (Lipinski definition) is 4. The Morgan fingerprint density at radius 3 is 2.63 bits per heavy atom. The summed E-state index contributed by atoms with van der Waals surface area (Å²) in [7, 11) is 1.60. The van der Waals surface area contributed by atoms with Gasteiger partial charge >= 0.3 is 0 Å². The molecule has 3 rings (SSSR count). The van der Waals surface area contributed by atoms with Crippen LogP contribution in [-0.2, 0) is 4.79 Å². The Kier molecular flexibility index (Phi) is 6.69. The van der Waals surface area contributed by atoms with Gasteiger partial charge in [0.15, 0.2) is 11.5 Å². The zero-order valence-electron chi connectivity index (χ0n) is 18.0. The molecule has 0 spiro atoms. The normalized spacial score (nSPS) is 21.5. The number of amides is 1. The highest BCUT2D eigenvalue weighted by Gasteiger charge is 2.47. The molecule has 1 fully saturated rings. The predicted octanol–water partition coefficient (Wildman–Crippen LogP) is 3.46. The fourth-order valence-corrected chi connectivity index (χ4v) is 3.96. The summed E-state index contributed by atoms with van der Waals surface area (Å²) in [4.78, 5) is 13.8. The lowest BCUT2D eigenvalue weighted by Gasteiger charge is -2.33. The van der Waals surface area contributed by atoms with E-state index < -0.39 is 11.5 Å². The van der Waals surface area contributed by atoms with Crippen molar-refractivity contribution in [2.75, 3.05) is 26.8 Å². The molecule has 5 heteroatoms. The van der Waals surface area contributed by atoms with Crippen molar-refractivity contribution < 1.29 is 19.4 Å². The number of benzene rings is 2. The Morgan fingerprint density at radius 1 is 1.27 bits per heavy atom. The molecule has 1 aliphatic rings. The van der Waals surface area contributed by atoms with Crippen LogP contribution in [0.15, 0.2) is 48.5 Å². The van der Waals surface area contributed by atoms with Gasteiger partial charge in [-0.05, 0) is 36.8 Å². The summed E-state index contributed by atoms with van der Waals surface area (Å²) in [5.74, 6) is 7.34. The minimum Gasteiger partial charge on any atom is -0.493 e. The monoisotopic (exact) mass is 407 g/mol. The van der Waals surface area contributed by atoms with Gasteiger partial charge in [-0.2, -0.15) is 0 Å². The molecular formula is C25H29NO4. The van der Waals surface area contributed by atoms with E-state index in [9.17, 15) is 9.90 Å². The van der Waals surface area contributed by atoms with Crippen molar-refractivity contribution in [2.24, 2.45) is 5.41 Å². The Balaban J connectivity index is 1.83. The van der Waals surface area contributed by atoms with Gasteiger partial charge in [-0.1, -0.05) is 43.0 Å². The van der Waals surface area contributed by atoms with Crippen LogP contribution in [0.5, 0.6) is 11.5 Å². The van der Waals surface area contributed by atoms with Crippen LogP contribution < -0.4 is 9.47 Å². The fraction of sp³-hybridized carbons (Fsp3) is 0.400. The highest BCUT2D eigenvalue weighted by atomic mass is 16.5. The molecule has 0 bridgehead atoms. The second kappa shape index (κ2) is 9.23. The average molecular weight is 408 g/mol. The first kappa shape index (κ1) is 21.7. The quantitative estimate of drug-likeness (QED) is 0.772. The van der Waals surface area contributed by atoms with Crippen molar-refractivity contribution in [3.63, 3.8) is 0 Å². The molecule has 1 saturated heterocycles. The van der Waals surface area contributed by atoms with Crippen molar-refractivity contribution >= 4 is 5.91 Å². The summed E-state index contributed by atoms with van der Waals surface area (Å²) in [6.45, 7) is 6.70. The first-order chi connectivity index (χ1) is 14.3. The minimum absolute atomic E-state index is 0.00920. The van der Waals surface area contributed by atoms with Crippen molar-refractivity contribution in [3.8, 4) is 23.3 Å². The molecule has 0 aromatic heterocycles. The molecule has 0 saturated carbocycles. The van der Waals surface area contributed by atoms with Crippen molar-refractivity contribution in [1.29, 1.82) is 0 Å². The maximum atomic E-state index is 12.0. The largest absolute Gasteiger partial charge is 0.493 e. The van der Waals surface area contributed by atoms with Crippen LogP contribution in [0.4, 0.5) is 0 Å². The molecule has 5 nitrogen and oxygen atoms in total. The van der Waals surface area contributed by atoms with E-state index in [2.05, 4.69) is 11.8 Å². The van der Waals surface area contributed by atoms with E-state index in [1.54, 1.807) is 25.9 Å². The molecule has 0 unspecified atom stereocenters. The third-order valence-corrected chi connectivity index (χ3v) is 6.03. The van der Waals surface area contributed by atoms with Gasteiger partial charge in [0.2, 0.25) is 5.91 Å². The lowest BCUT2D eigenvalue weighted by Crippen LogP contribution is -2.37. The molecule has 1 heterocycles. The van der Waals surface area contributed by atoms with Gasteiger partial charge in [0.25, 0.3) is 0 Å². The lowest BCUT2D eigenvalue weighted by atomic mass is 9.72. The number of carbonyl (C=O) groups is 1. The smallest absolute Gasteiger partial charge is 0.219 e. The third-order valence-electron chi connectivity index (χ3n) is 6.03. The number of rotatable bonds is 5. The molecule has 2 aromatic rings. The molecule has 30 heavy (non-hydrogen) atoms. The predicted molar refractivity (Wildman–Crippen MR) is 117 cm³/mol. The number of hydrogen-bond donors (Lipinski definition) is 1. The SMILES string of the molecule is COc1ccc([C@@H]2CN(C(C)=O)C[C@@]2(C)[C@@H](C)O)cc1OCC#Cc1ccccc1. The van der Waals surface area contributed by atoms with Crippen LogP contribution in [-0.4, -0.2) is 48.8 Å². The zero-order chi connectivity index (χ0) is 21.7. The molecule has 1 N–H and O–H groups in total. The molecular weight excluding hydrogens is 378 g/mol. The third kappa shape index (κ3) is 4.60. The van der Waals surface area contributed by atoms with Crippen molar-refractivity contribution in [2.45, 2.75) is 32.8 Å². The van der Waals surface area contributed by atoms with E-state index in [4.69, 9.17) is 9.47 Å². The Bertz CT molecular complexity index is 945. The van der Waals surface area contributed by atoms with Crippen molar-refractivity contribution in [3.05, 3.63) is 59.7 Å². The molecule has 1 aliphatic heterocycles. The summed E-state index contributed by atoms with van der Waals surface area (Å²) in [6.07, 6.45) is -0.560. The average Bonchev–Trinajstić information content (AvgIpc) is 3.11. The summed E-state index contributed by atoms with van der Waals surface area (Å²) < 4.78 is 11.4. The second-order valence-corrected chi connectivity index (χ2v) is 8.00. The number of likely N-dealkylation sites (tertiary alicyclic amines) is 1. The molecule has 3 atom stereocenters. The van der Waals surface area contributed by atoms with Gasteiger partial charge < -0.3 is 19.5 Å². The standard InChI is InChI=1S/C25H29NO4/c1-18(27)25(3)17-26(19(2)28)16-22(25)21-12-13-23(29-4)24(15-21)30-14-8-11-20-9-6-5-7-10-20/h5-7,9-10,12-13,15,18,22,27H,14,16-17H2,1-4H3/t18-,22+,25+/m1/s1. The van der Waals surface area contributed by atoms with Crippen LogP contribution in [0.3, 0.4) is 0 Å². The number of aliphatic hydroxyl groups excluding tert-OH is 1. The number of nitrogens with zero attached hydrogens (tertiary/aromatic N) is 1. The number of carbonyl (C=O) groups excluding carboxylic acids is 1. The van der Waals surface area contributed by atoms with Gasteiger partial charge in [0.1, 0.15) is 6.61 Å². The van der Waals surface area contributed by atoms with Gasteiger partial charge in [0, 0.05) is 36.9 Å². The molecule has 1 amide bonds. The van der Waals surface area contributed by atoms with E-state index in [0.29, 0.717) is 24.6 Å². The molecule has 0 radical (unpaired) electrons. The molecule has 2 aromatic carbocycles. The van der Waals surface area contributed by atoms with Crippen LogP contribution in [0.25, 0.3) is 0 Å². The van der Waals surface area contributed by atoms with E-state index in [0.717, 1.165) is 11.1 Å². The first-order valence-electron chi connectivity index (χ1n) is 10.1. The van der Waals surface area contributed by atoms with E-state index in [1.807, 2.05) is 55.5 Å². The highest BCUT2D eigenvalue weighted by Crippen LogP contribution is 2.46. The molecule has 0 aliphatic carbocycles. The van der Waals surface area contributed by atoms with Gasteiger partial charge in [-0.3, -0.25) is 4.79 Å². The lowest BCUT2D eigenvalue weighted by molar-refractivity contribution is -0.128. The van der Waals surface area contributed by atoms with Crippen LogP contribution in [0.2, 0.25) is 0 Å². The van der Waals surface area contributed by atoms with E-state index in [-0.39, 0.29) is 18.4 Å². The zero-order valence-corrected chi connectivity index (χ0v) is 18.0. The maximum absolute atomic E-state index is 12.0. The first-order valence-corrected chi connectivity index (χ1v) is 10.1. The van der Waals surface area contributed by atoms with Gasteiger partial charge in [0.05, 0.1) is 13.2 Å². The molecule has 158 valence electrons. The summed E-state index contributed by atoms with van der Waals surface area (Å²) in [5.41, 5.74) is 1.50. The van der Waals surface area contributed by atoms with Crippen molar-refractivity contribution in [1.82, 2.24) is 4.90 Å². The number of ether oxygens (including phenoxy) is 2. The van der Waals surface area contributed by atoms with Crippen LogP contribution >= 0.6 is 0 Å². The second-order valence-electron chi connectivity index (χ2n) is 8.00.